The number of carbonyl (C=O) groups excluding carboxylic acids is 1. The first kappa shape index (κ1) is 21.8. The average Bonchev–Trinajstić information content (AvgIpc) is 3.44. The Morgan fingerprint density at radius 3 is 2.72 bits per heavy atom. The van der Waals surface area contributed by atoms with Gasteiger partial charge in [-0.25, -0.2) is 0 Å². The Kier molecular flexibility index (Phi) is 6.65. The van der Waals surface area contributed by atoms with Crippen LogP contribution in [0.3, 0.4) is 0 Å². The molecule has 0 aliphatic heterocycles. The van der Waals surface area contributed by atoms with Crippen LogP contribution < -0.4 is 15.6 Å². The summed E-state index contributed by atoms with van der Waals surface area (Å²) < 4.78 is 8.69. The molecule has 0 saturated heterocycles. The monoisotopic (exact) mass is 451 g/mol. The maximum Gasteiger partial charge on any atom is 0.300 e. The van der Waals surface area contributed by atoms with Crippen LogP contribution in [0, 0.1) is 5.92 Å². The fraction of sp³-hybridized carbons (Fsp3) is 0.304. The van der Waals surface area contributed by atoms with Crippen LogP contribution in [0.4, 0.5) is 0 Å². The molecule has 0 spiro atoms. The summed E-state index contributed by atoms with van der Waals surface area (Å²) in [5.74, 6) is 1.47. The van der Waals surface area contributed by atoms with E-state index in [4.69, 9.17) is 4.74 Å². The number of nitrogens with zero attached hydrogens (tertiary/aromatic N) is 4. The third-order valence-electron chi connectivity index (χ3n) is 5.07. The number of nitrogens with one attached hydrogen (secondary N) is 1. The van der Waals surface area contributed by atoms with Crippen LogP contribution in [0.15, 0.2) is 59.0 Å². The zero-order valence-electron chi connectivity index (χ0n) is 18.0. The molecule has 9 heteroatoms. The lowest BCUT2D eigenvalue weighted by atomic mass is 10.0. The summed E-state index contributed by atoms with van der Waals surface area (Å²) in [5, 5.41) is 13.3. The molecule has 0 unspecified atom stereocenters. The van der Waals surface area contributed by atoms with Crippen LogP contribution in [0.25, 0.3) is 11.3 Å². The first-order valence-electron chi connectivity index (χ1n) is 10.5. The van der Waals surface area contributed by atoms with Crippen LogP contribution in [-0.2, 0) is 17.8 Å². The van der Waals surface area contributed by atoms with Gasteiger partial charge < -0.3 is 10.1 Å². The molecule has 0 fully saturated rings. The summed E-state index contributed by atoms with van der Waals surface area (Å²) in [6.07, 6.45) is 4.41. The third-order valence-corrected chi connectivity index (χ3v) is 5.95. The van der Waals surface area contributed by atoms with E-state index in [9.17, 15) is 9.59 Å². The van der Waals surface area contributed by atoms with E-state index in [2.05, 4.69) is 15.5 Å². The Morgan fingerprint density at radius 2 is 2.00 bits per heavy atom. The Balaban J connectivity index is 1.44. The molecule has 166 valence electrons. The molecule has 1 aromatic carbocycles. The van der Waals surface area contributed by atoms with Crippen molar-refractivity contribution in [2.45, 2.75) is 33.2 Å². The minimum absolute atomic E-state index is 0.00224. The molecule has 1 amide bonds. The summed E-state index contributed by atoms with van der Waals surface area (Å²) in [4.78, 5) is 26.3. The van der Waals surface area contributed by atoms with Gasteiger partial charge in [-0.1, -0.05) is 13.0 Å². The van der Waals surface area contributed by atoms with Gasteiger partial charge >= 0.3 is 5.56 Å². The van der Waals surface area contributed by atoms with Crippen LogP contribution >= 0.6 is 11.3 Å². The molecule has 1 N–H and O–H groups in total. The molecule has 0 saturated carbocycles. The normalized spacial score (nSPS) is 12.1. The maximum absolute atomic E-state index is 13.0. The lowest BCUT2D eigenvalue weighted by molar-refractivity contribution is -0.122. The van der Waals surface area contributed by atoms with Gasteiger partial charge in [0.05, 0.1) is 13.2 Å². The lowest BCUT2D eigenvalue weighted by Gasteiger charge is -2.11. The van der Waals surface area contributed by atoms with E-state index in [0.717, 1.165) is 16.3 Å². The van der Waals surface area contributed by atoms with E-state index in [-0.39, 0.29) is 23.0 Å². The van der Waals surface area contributed by atoms with Gasteiger partial charge in [0.2, 0.25) is 11.6 Å². The molecule has 32 heavy (non-hydrogen) atoms. The van der Waals surface area contributed by atoms with Crippen molar-refractivity contribution >= 4 is 22.9 Å². The van der Waals surface area contributed by atoms with Gasteiger partial charge in [0.25, 0.3) is 0 Å². The minimum atomic E-state index is -0.253. The molecule has 4 aromatic rings. The number of ether oxygens (including phenoxy) is 1. The van der Waals surface area contributed by atoms with Gasteiger partial charge in [0, 0.05) is 35.8 Å². The summed E-state index contributed by atoms with van der Waals surface area (Å²) >= 11 is 1.62. The Bertz CT molecular complexity index is 1250. The van der Waals surface area contributed by atoms with E-state index in [0.29, 0.717) is 31.8 Å². The summed E-state index contributed by atoms with van der Waals surface area (Å²) in [6.45, 7) is 5.05. The van der Waals surface area contributed by atoms with Crippen LogP contribution in [-0.4, -0.2) is 31.7 Å². The number of rotatable bonds is 9. The zero-order chi connectivity index (χ0) is 22.5. The fourth-order valence-electron chi connectivity index (χ4n) is 3.52. The Hall–Kier alpha value is -3.46. The minimum Gasteiger partial charge on any atom is -0.494 e. The third kappa shape index (κ3) is 4.88. The van der Waals surface area contributed by atoms with Crippen LogP contribution in [0.1, 0.15) is 31.0 Å². The van der Waals surface area contributed by atoms with E-state index >= 15 is 0 Å². The lowest BCUT2D eigenvalue weighted by Crippen LogP contribution is -2.25. The molecule has 3 aromatic heterocycles. The van der Waals surface area contributed by atoms with Gasteiger partial charge in [-0.2, -0.15) is 0 Å². The van der Waals surface area contributed by atoms with Gasteiger partial charge in [0.15, 0.2) is 0 Å². The second kappa shape index (κ2) is 9.78. The maximum atomic E-state index is 13.0. The van der Waals surface area contributed by atoms with Gasteiger partial charge in [-0.3, -0.25) is 18.6 Å². The van der Waals surface area contributed by atoms with Crippen molar-refractivity contribution in [3.8, 4) is 11.4 Å². The number of fused-ring (bicyclic) bond motifs is 1. The van der Waals surface area contributed by atoms with Crippen molar-refractivity contribution in [1.82, 2.24) is 24.5 Å². The molecule has 0 aliphatic carbocycles. The largest absolute Gasteiger partial charge is 0.494 e. The number of thiophene rings is 1. The molecule has 1 atom stereocenters. The van der Waals surface area contributed by atoms with Crippen molar-refractivity contribution in [2.75, 3.05) is 6.61 Å². The van der Waals surface area contributed by atoms with Crippen molar-refractivity contribution in [1.29, 1.82) is 0 Å². The molecule has 0 radical (unpaired) electrons. The summed E-state index contributed by atoms with van der Waals surface area (Å²) in [7, 11) is 0. The number of hydrogen-bond acceptors (Lipinski definition) is 6. The highest BCUT2D eigenvalue weighted by Crippen LogP contribution is 2.16. The van der Waals surface area contributed by atoms with Crippen molar-refractivity contribution < 1.29 is 9.53 Å². The highest BCUT2D eigenvalue weighted by atomic mass is 32.1. The van der Waals surface area contributed by atoms with Gasteiger partial charge in [0.1, 0.15) is 11.6 Å². The fourth-order valence-corrected chi connectivity index (χ4v) is 4.16. The first-order chi connectivity index (χ1) is 15.5. The SMILES string of the molecule is CCOc1ccc(-n2ccn3c(C[C@H](C)CC(=O)NCc4cccs4)nnc3c2=O)cc1. The molecular weight excluding hydrogens is 426 g/mol. The van der Waals surface area contributed by atoms with Gasteiger partial charge in [-0.05, 0) is 48.6 Å². The quantitative estimate of drug-likeness (QED) is 0.422. The van der Waals surface area contributed by atoms with Crippen molar-refractivity contribution in [3.05, 3.63) is 75.2 Å². The Morgan fingerprint density at radius 1 is 1.19 bits per heavy atom. The predicted octanol–water partition coefficient (Wildman–Crippen LogP) is 3.23. The smallest absolute Gasteiger partial charge is 0.300 e. The number of hydrogen-bond donors (Lipinski definition) is 1. The van der Waals surface area contributed by atoms with E-state index in [1.807, 2.05) is 55.6 Å². The van der Waals surface area contributed by atoms with Crippen LogP contribution in [0.2, 0.25) is 0 Å². The summed E-state index contributed by atoms with van der Waals surface area (Å²) in [5.41, 5.74) is 0.726. The second-order valence-corrected chi connectivity index (χ2v) is 8.61. The highest BCUT2D eigenvalue weighted by Gasteiger charge is 2.16. The number of amides is 1. The molecule has 0 bridgehead atoms. The number of carbonyl (C=O) groups is 1. The standard InChI is InChI=1S/C23H25N5O3S/c1-3-31-18-8-6-17(7-9-18)27-10-11-28-20(25-26-22(28)23(27)30)13-16(2)14-21(29)24-15-19-5-4-12-32-19/h4-12,16H,3,13-15H2,1-2H3,(H,24,29)/t16-/m0/s1. The molecule has 8 nitrogen and oxygen atoms in total. The molecule has 3 heterocycles. The highest BCUT2D eigenvalue weighted by molar-refractivity contribution is 7.09. The zero-order valence-corrected chi connectivity index (χ0v) is 18.8. The first-order valence-corrected chi connectivity index (χ1v) is 11.4. The summed E-state index contributed by atoms with van der Waals surface area (Å²) in [6, 6.07) is 11.3. The van der Waals surface area contributed by atoms with Gasteiger partial charge in [-0.15, -0.1) is 21.5 Å². The molecule has 4 rings (SSSR count). The van der Waals surface area contributed by atoms with E-state index in [1.165, 1.54) is 4.57 Å². The van der Waals surface area contributed by atoms with E-state index in [1.54, 1.807) is 28.1 Å². The molecule has 0 aliphatic rings. The number of benzene rings is 1. The number of aromatic nitrogens is 4. The Labute approximate surface area is 189 Å². The second-order valence-electron chi connectivity index (χ2n) is 7.58. The van der Waals surface area contributed by atoms with Crippen molar-refractivity contribution in [2.24, 2.45) is 5.92 Å². The van der Waals surface area contributed by atoms with E-state index < -0.39 is 0 Å². The van der Waals surface area contributed by atoms with Crippen molar-refractivity contribution in [3.63, 3.8) is 0 Å². The molecular formula is C23H25N5O3S. The average molecular weight is 452 g/mol. The predicted molar refractivity (Wildman–Crippen MR) is 123 cm³/mol. The van der Waals surface area contributed by atoms with Crippen LogP contribution in [0.5, 0.6) is 5.75 Å². The topological polar surface area (TPSA) is 90.5 Å².